The molecule has 1 heterocycles. The van der Waals surface area contributed by atoms with E-state index in [1.807, 2.05) is 19.1 Å². The van der Waals surface area contributed by atoms with Crippen LogP contribution in [-0.2, 0) is 9.53 Å². The first-order chi connectivity index (χ1) is 19.2. The van der Waals surface area contributed by atoms with Gasteiger partial charge in [0.05, 0.1) is 38.7 Å². The molecule has 0 aliphatic carbocycles. The van der Waals surface area contributed by atoms with Gasteiger partial charge in [0.15, 0.2) is 17.7 Å². The van der Waals surface area contributed by atoms with Crippen molar-refractivity contribution in [1.82, 2.24) is 16.1 Å². The molecule has 13 heteroatoms. The lowest BCUT2D eigenvalue weighted by Crippen LogP contribution is -2.45. The van der Waals surface area contributed by atoms with Gasteiger partial charge in [-0.15, -0.1) is 6.42 Å². The molecule has 1 aliphatic rings. The van der Waals surface area contributed by atoms with E-state index >= 15 is 0 Å². The molecule has 3 rings (SSSR count). The highest BCUT2D eigenvalue weighted by Gasteiger charge is 2.32. The summed E-state index contributed by atoms with van der Waals surface area (Å²) in [6.45, 7) is 3.82. The number of amides is 2. The van der Waals surface area contributed by atoms with Gasteiger partial charge in [0.25, 0.3) is 0 Å². The predicted molar refractivity (Wildman–Crippen MR) is 165 cm³/mol. The molecular formula is C27H28I2N4O7. The fourth-order valence-corrected chi connectivity index (χ4v) is 5.85. The van der Waals surface area contributed by atoms with Crippen LogP contribution in [0.15, 0.2) is 46.7 Å². The van der Waals surface area contributed by atoms with Crippen LogP contribution in [0.3, 0.4) is 0 Å². The molecule has 0 unspecified atom stereocenters. The zero-order chi connectivity index (χ0) is 29.2. The molecule has 2 amide bonds. The maximum atomic E-state index is 12.4. The second-order valence-corrected chi connectivity index (χ2v) is 10.5. The molecule has 2 aromatic carbocycles. The number of allylic oxidation sites excluding steroid dienone is 1. The number of esters is 1. The van der Waals surface area contributed by atoms with Crippen LogP contribution in [0.25, 0.3) is 0 Å². The second-order valence-electron chi connectivity index (χ2n) is 8.22. The zero-order valence-corrected chi connectivity index (χ0v) is 26.2. The van der Waals surface area contributed by atoms with Gasteiger partial charge in [-0.25, -0.2) is 9.59 Å². The highest BCUT2D eigenvalue weighted by Crippen LogP contribution is 2.35. The van der Waals surface area contributed by atoms with E-state index in [4.69, 9.17) is 25.4 Å². The number of terminal acetylenes is 1. The van der Waals surface area contributed by atoms with E-state index in [0.717, 1.165) is 12.7 Å². The fraction of sp³-hybridized carbons (Fsp3) is 0.296. The number of hydrogen-bond donors (Lipinski definition) is 4. The average molecular weight is 774 g/mol. The van der Waals surface area contributed by atoms with E-state index in [9.17, 15) is 14.7 Å². The number of nitrogens with one attached hydrogen (secondary N) is 3. The standard InChI is InChI=1S/C27H28I2N4O7/c1-5-9-39-25-18(28)10-16(11-19(25)29)13-30-33-22(34)14-40-20-8-7-17(12-21(20)38-6-2)24-23(26(35)37-4)15(3)31-27(36)32-24/h1,7-8,10-13,22,24,33-34H,6,9,14H2,2-4H3,(H2,31,32,36)/b30-13-/t22-,24+/m0/s1. The monoisotopic (exact) mass is 774 g/mol. The lowest BCUT2D eigenvalue weighted by molar-refractivity contribution is -0.136. The van der Waals surface area contributed by atoms with Crippen molar-refractivity contribution < 1.29 is 33.6 Å². The summed E-state index contributed by atoms with van der Waals surface area (Å²) in [5, 5.41) is 19.8. The molecule has 1 aliphatic heterocycles. The highest BCUT2D eigenvalue weighted by molar-refractivity contribution is 14.1. The Bertz CT molecular complexity index is 1330. The number of ether oxygens (including phenoxy) is 4. The molecule has 0 radical (unpaired) electrons. The summed E-state index contributed by atoms with van der Waals surface area (Å²) in [6.07, 6.45) is 5.72. The lowest BCUT2D eigenvalue weighted by atomic mass is 9.95. The van der Waals surface area contributed by atoms with Gasteiger partial charge in [-0.3, -0.25) is 5.43 Å². The van der Waals surface area contributed by atoms with Gasteiger partial charge >= 0.3 is 12.0 Å². The summed E-state index contributed by atoms with van der Waals surface area (Å²) in [5.41, 5.74) is 4.68. The van der Waals surface area contributed by atoms with Crippen LogP contribution >= 0.6 is 45.2 Å². The quantitative estimate of drug-likeness (QED) is 0.0643. The highest BCUT2D eigenvalue weighted by atomic mass is 127. The van der Waals surface area contributed by atoms with Gasteiger partial charge < -0.3 is 34.7 Å². The molecule has 0 saturated heterocycles. The molecule has 0 aromatic heterocycles. The minimum atomic E-state index is -1.12. The summed E-state index contributed by atoms with van der Waals surface area (Å²) in [4.78, 5) is 24.5. The Labute approximate surface area is 259 Å². The largest absolute Gasteiger partial charge is 0.490 e. The second kappa shape index (κ2) is 15.0. The van der Waals surface area contributed by atoms with Gasteiger partial charge in [-0.1, -0.05) is 12.0 Å². The summed E-state index contributed by atoms with van der Waals surface area (Å²) < 4.78 is 23.7. The molecule has 0 saturated carbocycles. The van der Waals surface area contributed by atoms with E-state index in [1.54, 1.807) is 31.3 Å². The van der Waals surface area contributed by atoms with Crippen molar-refractivity contribution >= 4 is 63.4 Å². The van der Waals surface area contributed by atoms with Crippen LogP contribution in [-0.4, -0.2) is 56.5 Å². The first kappa shape index (κ1) is 31.3. The SMILES string of the molecule is C#CCOc1c(I)cc(/C=N\N[C@@H](O)COc2ccc([C@H]3NC(=O)NC(C)=C3C(=O)OC)cc2OCC)cc1I. The minimum absolute atomic E-state index is 0.138. The number of carbonyl (C=O) groups is 2. The number of benzene rings is 2. The Morgan fingerprint density at radius 3 is 2.60 bits per heavy atom. The zero-order valence-electron chi connectivity index (χ0n) is 21.9. The van der Waals surface area contributed by atoms with Gasteiger partial charge in [0, 0.05) is 5.70 Å². The molecule has 2 atom stereocenters. The van der Waals surface area contributed by atoms with Gasteiger partial charge in [-0.05, 0) is 94.4 Å². The van der Waals surface area contributed by atoms with Crippen LogP contribution in [0.5, 0.6) is 17.2 Å². The van der Waals surface area contributed by atoms with E-state index in [1.165, 1.54) is 7.11 Å². The number of hydrazone groups is 1. The van der Waals surface area contributed by atoms with Crippen molar-refractivity contribution in [2.45, 2.75) is 26.1 Å². The summed E-state index contributed by atoms with van der Waals surface area (Å²) in [5.74, 6) is 3.33. The van der Waals surface area contributed by atoms with E-state index in [2.05, 4.69) is 72.3 Å². The maximum Gasteiger partial charge on any atom is 0.337 e. The number of aliphatic hydroxyl groups is 1. The van der Waals surface area contributed by atoms with Crippen molar-refractivity contribution in [3.8, 4) is 29.6 Å². The Morgan fingerprint density at radius 1 is 1.23 bits per heavy atom. The van der Waals surface area contributed by atoms with Crippen molar-refractivity contribution in [2.24, 2.45) is 5.10 Å². The number of carbonyl (C=O) groups excluding carboxylic acids is 2. The van der Waals surface area contributed by atoms with Gasteiger partial charge in [-0.2, -0.15) is 5.10 Å². The number of halogens is 2. The third kappa shape index (κ3) is 8.15. The third-order valence-corrected chi connectivity index (χ3v) is 7.03. The molecule has 4 N–H and O–H groups in total. The Morgan fingerprint density at radius 2 is 1.95 bits per heavy atom. The van der Waals surface area contributed by atoms with Crippen LogP contribution in [0, 0.1) is 19.5 Å². The third-order valence-electron chi connectivity index (χ3n) is 5.43. The van der Waals surface area contributed by atoms with Crippen molar-refractivity contribution in [1.29, 1.82) is 0 Å². The number of urea groups is 1. The molecule has 2 aromatic rings. The Hall–Kier alpha value is -3.23. The normalized spacial score (nSPS) is 15.5. The minimum Gasteiger partial charge on any atom is -0.490 e. The molecule has 0 fully saturated rings. The molecule has 212 valence electrons. The van der Waals surface area contributed by atoms with Gasteiger partial charge in [0.1, 0.15) is 19.0 Å². The number of methoxy groups -OCH3 is 1. The Kier molecular flexibility index (Phi) is 11.7. The maximum absolute atomic E-state index is 12.4. The first-order valence-electron chi connectivity index (χ1n) is 12.0. The molecule has 11 nitrogen and oxygen atoms in total. The van der Waals surface area contributed by atoms with Gasteiger partial charge in [0.2, 0.25) is 0 Å². The fourth-order valence-electron chi connectivity index (χ4n) is 3.73. The molecule has 0 spiro atoms. The van der Waals surface area contributed by atoms with E-state index in [-0.39, 0.29) is 18.8 Å². The molecule has 40 heavy (non-hydrogen) atoms. The van der Waals surface area contributed by atoms with Crippen molar-refractivity contribution in [2.75, 3.05) is 26.9 Å². The predicted octanol–water partition coefficient (Wildman–Crippen LogP) is 3.43. The van der Waals surface area contributed by atoms with Crippen molar-refractivity contribution in [3.63, 3.8) is 0 Å². The van der Waals surface area contributed by atoms with Crippen molar-refractivity contribution in [3.05, 3.63) is 59.9 Å². The Balaban J connectivity index is 1.68. The van der Waals surface area contributed by atoms with Crippen LogP contribution in [0.4, 0.5) is 4.79 Å². The average Bonchev–Trinajstić information content (AvgIpc) is 2.91. The summed E-state index contributed by atoms with van der Waals surface area (Å²) in [7, 11) is 1.27. The number of rotatable bonds is 12. The molecule has 0 bridgehead atoms. The first-order valence-corrected chi connectivity index (χ1v) is 14.1. The number of hydrogen-bond acceptors (Lipinski definition) is 9. The van der Waals surface area contributed by atoms with Crippen LogP contribution < -0.4 is 30.3 Å². The number of aliphatic hydroxyl groups excluding tert-OH is 1. The summed E-state index contributed by atoms with van der Waals surface area (Å²) in [6, 6.07) is 7.58. The van der Waals surface area contributed by atoms with Crippen LogP contribution in [0.2, 0.25) is 0 Å². The van der Waals surface area contributed by atoms with E-state index < -0.39 is 24.3 Å². The number of nitrogens with zero attached hydrogens (tertiary/aromatic N) is 1. The lowest BCUT2D eigenvalue weighted by Gasteiger charge is -2.28. The smallest absolute Gasteiger partial charge is 0.337 e. The van der Waals surface area contributed by atoms with Crippen LogP contribution in [0.1, 0.15) is 31.0 Å². The van der Waals surface area contributed by atoms with E-state index in [0.29, 0.717) is 35.1 Å². The summed E-state index contributed by atoms with van der Waals surface area (Å²) >= 11 is 4.32. The molecular weight excluding hydrogens is 746 g/mol. The topological polar surface area (TPSA) is 140 Å².